The van der Waals surface area contributed by atoms with Crippen molar-refractivity contribution in [3.05, 3.63) is 118 Å². The smallest absolute Gasteiger partial charge is 0.256 e. The van der Waals surface area contributed by atoms with Crippen LogP contribution in [0.15, 0.2) is 96.4 Å². The van der Waals surface area contributed by atoms with Crippen LogP contribution in [-0.2, 0) is 0 Å². The summed E-state index contributed by atoms with van der Waals surface area (Å²) in [6, 6.07) is 29.8. The number of thiophene rings is 1. The van der Waals surface area contributed by atoms with Crippen LogP contribution >= 0.6 is 34.3 Å². The molecule has 5 aromatic rings. The van der Waals surface area contributed by atoms with Gasteiger partial charge >= 0.3 is 0 Å². The molecule has 0 aliphatic heterocycles. The molecule has 1 N–H and O–H groups in total. The number of halogens is 1. The zero-order chi connectivity index (χ0) is 25.6. The Balaban J connectivity index is 1.46. The highest BCUT2D eigenvalue weighted by Crippen LogP contribution is 2.39. The Morgan fingerprint density at radius 1 is 0.973 bits per heavy atom. The van der Waals surface area contributed by atoms with E-state index in [4.69, 9.17) is 21.3 Å². The average Bonchev–Trinajstić information content (AvgIpc) is 3.59. The highest BCUT2D eigenvalue weighted by atomic mass is 35.5. The molecular weight excluding hydrogens is 522 g/mol. The van der Waals surface area contributed by atoms with E-state index in [2.05, 4.69) is 11.4 Å². The van der Waals surface area contributed by atoms with Crippen molar-refractivity contribution in [2.45, 2.75) is 0 Å². The number of anilines is 1. The summed E-state index contributed by atoms with van der Waals surface area (Å²) in [7, 11) is 0. The van der Waals surface area contributed by atoms with Crippen LogP contribution in [0, 0.1) is 11.3 Å². The first kappa shape index (κ1) is 24.5. The lowest BCUT2D eigenvalue weighted by Gasteiger charge is -2.06. The molecular formula is C29H18ClN3O2S2. The fourth-order valence-corrected chi connectivity index (χ4v) is 5.33. The number of hydrogen-bond acceptors (Lipinski definition) is 6. The van der Waals surface area contributed by atoms with Crippen molar-refractivity contribution in [2.75, 3.05) is 5.32 Å². The first-order valence-corrected chi connectivity index (χ1v) is 13.2. The summed E-state index contributed by atoms with van der Waals surface area (Å²) in [5.41, 5.74) is 2.28. The molecule has 8 heteroatoms. The number of carbonyl (C=O) groups excluding carboxylic acids is 1. The quantitative estimate of drug-likeness (QED) is 0.210. The minimum absolute atomic E-state index is 0.280. The van der Waals surface area contributed by atoms with Crippen LogP contribution < -0.4 is 10.1 Å². The molecule has 2 aromatic heterocycles. The van der Waals surface area contributed by atoms with Crippen LogP contribution in [0.1, 0.15) is 20.9 Å². The van der Waals surface area contributed by atoms with E-state index in [-0.39, 0.29) is 5.91 Å². The standard InChI is InChI=1S/C29H18ClN3O2S2/c30-22-13-11-20(12-14-22)27(34)33-29-26(25-10-5-15-36-25)32-28(37-29)21(18-31)16-19-6-4-9-24(17-19)35-23-7-2-1-3-8-23/h1-17H,(H,33,34). The molecule has 5 rings (SSSR count). The third kappa shape index (κ3) is 5.96. The van der Waals surface area contributed by atoms with Gasteiger partial charge in [0.2, 0.25) is 0 Å². The Morgan fingerprint density at radius 3 is 2.49 bits per heavy atom. The number of thiazole rings is 1. The number of nitriles is 1. The molecule has 0 bridgehead atoms. The molecule has 1 amide bonds. The molecule has 5 nitrogen and oxygen atoms in total. The molecule has 0 atom stereocenters. The minimum Gasteiger partial charge on any atom is -0.457 e. The van der Waals surface area contributed by atoms with E-state index in [1.54, 1.807) is 30.3 Å². The van der Waals surface area contributed by atoms with Crippen molar-refractivity contribution >= 4 is 56.8 Å². The molecule has 2 heterocycles. The van der Waals surface area contributed by atoms with Gasteiger partial charge in [-0.3, -0.25) is 4.79 Å². The molecule has 0 saturated heterocycles. The van der Waals surface area contributed by atoms with E-state index in [0.29, 0.717) is 37.6 Å². The first-order valence-electron chi connectivity index (χ1n) is 11.2. The summed E-state index contributed by atoms with van der Waals surface area (Å²) < 4.78 is 5.93. The SMILES string of the molecule is N#CC(=Cc1cccc(Oc2ccccc2)c1)c1nc(-c2cccs2)c(NC(=O)c2ccc(Cl)cc2)s1. The normalized spacial score (nSPS) is 11.1. The summed E-state index contributed by atoms with van der Waals surface area (Å²) in [4.78, 5) is 18.5. The number of benzene rings is 3. The second-order valence-electron chi connectivity index (χ2n) is 7.79. The van der Waals surface area contributed by atoms with Gasteiger partial charge in [-0.25, -0.2) is 4.98 Å². The number of rotatable bonds is 7. The van der Waals surface area contributed by atoms with Gasteiger partial charge in [0.05, 0.1) is 10.5 Å². The number of allylic oxidation sites excluding steroid dienone is 1. The lowest BCUT2D eigenvalue weighted by Crippen LogP contribution is -2.11. The number of carbonyl (C=O) groups is 1. The summed E-state index contributed by atoms with van der Waals surface area (Å²) in [6.45, 7) is 0. The minimum atomic E-state index is -0.280. The Labute approximate surface area is 226 Å². The molecule has 0 spiro atoms. The van der Waals surface area contributed by atoms with Gasteiger partial charge in [-0.1, -0.05) is 59.3 Å². The van der Waals surface area contributed by atoms with Gasteiger partial charge in [-0.05, 0) is 71.6 Å². The van der Waals surface area contributed by atoms with Crippen molar-refractivity contribution in [1.29, 1.82) is 5.26 Å². The molecule has 37 heavy (non-hydrogen) atoms. The molecule has 0 fully saturated rings. The second-order valence-corrected chi connectivity index (χ2v) is 10.2. The van der Waals surface area contributed by atoms with E-state index in [0.717, 1.165) is 16.2 Å². The van der Waals surface area contributed by atoms with E-state index in [9.17, 15) is 10.1 Å². The Morgan fingerprint density at radius 2 is 1.76 bits per heavy atom. The zero-order valence-corrected chi connectivity index (χ0v) is 21.6. The monoisotopic (exact) mass is 539 g/mol. The van der Waals surface area contributed by atoms with Crippen LogP contribution in [-0.4, -0.2) is 10.9 Å². The van der Waals surface area contributed by atoms with E-state index in [1.807, 2.05) is 72.1 Å². The topological polar surface area (TPSA) is 75.0 Å². The first-order chi connectivity index (χ1) is 18.1. The van der Waals surface area contributed by atoms with Crippen molar-refractivity contribution in [1.82, 2.24) is 4.98 Å². The predicted octanol–water partition coefficient (Wildman–Crippen LogP) is 8.63. The zero-order valence-electron chi connectivity index (χ0n) is 19.2. The van der Waals surface area contributed by atoms with Gasteiger partial charge in [0.25, 0.3) is 5.91 Å². The Hall–Kier alpha value is -4.22. The number of aromatic nitrogens is 1. The number of amides is 1. The highest BCUT2D eigenvalue weighted by molar-refractivity contribution is 7.19. The van der Waals surface area contributed by atoms with Crippen LogP contribution in [0.4, 0.5) is 5.00 Å². The van der Waals surface area contributed by atoms with E-state index in [1.165, 1.54) is 22.7 Å². The van der Waals surface area contributed by atoms with Gasteiger partial charge < -0.3 is 10.1 Å². The molecule has 0 aliphatic rings. The molecule has 0 radical (unpaired) electrons. The number of nitrogens with one attached hydrogen (secondary N) is 1. The van der Waals surface area contributed by atoms with Crippen molar-refractivity contribution in [3.63, 3.8) is 0 Å². The lowest BCUT2D eigenvalue weighted by atomic mass is 10.1. The van der Waals surface area contributed by atoms with Gasteiger partial charge in [0.15, 0.2) is 0 Å². The number of para-hydroxylation sites is 1. The van der Waals surface area contributed by atoms with Gasteiger partial charge in [-0.15, -0.1) is 11.3 Å². The van der Waals surface area contributed by atoms with Crippen molar-refractivity contribution in [3.8, 4) is 28.1 Å². The van der Waals surface area contributed by atoms with Gasteiger partial charge in [0, 0.05) is 10.6 Å². The molecule has 0 saturated carbocycles. The summed E-state index contributed by atoms with van der Waals surface area (Å²) in [5, 5.41) is 16.5. The van der Waals surface area contributed by atoms with Crippen LogP contribution in [0.25, 0.3) is 22.2 Å². The van der Waals surface area contributed by atoms with E-state index >= 15 is 0 Å². The number of ether oxygens (including phenoxy) is 1. The van der Waals surface area contributed by atoms with Crippen LogP contribution in [0.3, 0.4) is 0 Å². The number of hydrogen-bond donors (Lipinski definition) is 1. The third-order valence-electron chi connectivity index (χ3n) is 5.21. The summed E-state index contributed by atoms with van der Waals surface area (Å²) in [6.07, 6.45) is 1.76. The van der Waals surface area contributed by atoms with E-state index < -0.39 is 0 Å². The van der Waals surface area contributed by atoms with Gasteiger partial charge in [-0.2, -0.15) is 5.26 Å². The fourth-order valence-electron chi connectivity index (χ4n) is 3.48. The molecule has 3 aromatic carbocycles. The Bertz CT molecular complexity index is 1600. The lowest BCUT2D eigenvalue weighted by molar-refractivity contribution is 0.102. The molecule has 0 unspecified atom stereocenters. The fraction of sp³-hybridized carbons (Fsp3) is 0. The van der Waals surface area contributed by atoms with Crippen LogP contribution in [0.2, 0.25) is 5.02 Å². The Kier molecular flexibility index (Phi) is 7.43. The highest BCUT2D eigenvalue weighted by Gasteiger charge is 2.19. The van der Waals surface area contributed by atoms with Gasteiger partial charge in [0.1, 0.15) is 33.3 Å². The maximum Gasteiger partial charge on any atom is 0.256 e. The van der Waals surface area contributed by atoms with Crippen LogP contribution in [0.5, 0.6) is 11.5 Å². The third-order valence-corrected chi connectivity index (χ3v) is 7.35. The molecule has 0 aliphatic carbocycles. The van der Waals surface area contributed by atoms with Crippen molar-refractivity contribution < 1.29 is 9.53 Å². The largest absolute Gasteiger partial charge is 0.457 e. The van der Waals surface area contributed by atoms with Crippen molar-refractivity contribution in [2.24, 2.45) is 0 Å². The number of nitrogens with zero attached hydrogens (tertiary/aromatic N) is 2. The average molecular weight is 540 g/mol. The molecule has 180 valence electrons. The second kappa shape index (κ2) is 11.2. The summed E-state index contributed by atoms with van der Waals surface area (Å²) in [5.74, 6) is 1.11. The maximum absolute atomic E-state index is 12.9. The predicted molar refractivity (Wildman–Crippen MR) is 151 cm³/mol. The maximum atomic E-state index is 12.9. The summed E-state index contributed by atoms with van der Waals surface area (Å²) >= 11 is 8.73.